The third-order valence-electron chi connectivity index (χ3n) is 9.47. The minimum atomic E-state index is -1.97. The largest absolute Gasteiger partial charge is 0.425 e. The number of carbonyl (C=O) groups is 2. The van der Waals surface area contributed by atoms with Crippen molar-refractivity contribution in [3.05, 3.63) is 34.4 Å². The van der Waals surface area contributed by atoms with Gasteiger partial charge in [-0.25, -0.2) is 4.79 Å². The SMILES string of the molecule is O=C(COCCOCCOCC(=O)Oc1ccc([N+](=O)[O-])cc1)NCCCO[C@@H]1OC(CO)[C@@H](O[C@@H]2OC(CO)[C@H](O[C@H]3OC(CO)[C@H](O)[C@H](O)C3O)[C@H](O)C2O)[C@H](O)C1O. The molecule has 4 rings (SSSR count). The van der Waals surface area contributed by atoms with Crippen molar-refractivity contribution in [2.75, 3.05) is 72.6 Å². The lowest BCUT2D eigenvalue weighted by molar-refractivity contribution is -0.384. The van der Waals surface area contributed by atoms with Gasteiger partial charge in [-0.05, 0) is 18.6 Å². The number of carbonyl (C=O) groups excluding carboxylic acids is 2. The molecule has 15 atom stereocenters. The molecule has 1 aromatic carbocycles. The van der Waals surface area contributed by atoms with Crippen LogP contribution in [-0.4, -0.2) is 233 Å². The van der Waals surface area contributed by atoms with Gasteiger partial charge in [-0.15, -0.1) is 0 Å². The van der Waals surface area contributed by atoms with Crippen LogP contribution in [0.1, 0.15) is 6.42 Å². The van der Waals surface area contributed by atoms with Gasteiger partial charge < -0.3 is 104 Å². The van der Waals surface area contributed by atoms with Gasteiger partial charge in [0.2, 0.25) is 5.91 Å². The topological polar surface area (TPSA) is 384 Å². The summed E-state index contributed by atoms with van der Waals surface area (Å²) >= 11 is 0. The first-order chi connectivity index (χ1) is 29.2. The van der Waals surface area contributed by atoms with Crippen molar-refractivity contribution in [3.8, 4) is 5.75 Å². The standard InChI is InChI=1S/C35H54N2O24/c38-12-19-24(43)25(44)28(47)34(57-19)60-32-21(14-40)59-35(30(49)27(32)46)61-31-20(13-39)58-33(29(48)26(31)45)55-7-1-6-36-22(41)15-53-10-8-52-9-11-54-16-23(42)56-18-4-2-17(3-5-18)37(50)51/h2-5,19-21,24-35,38-40,43-49H,1,6-16H2,(H,36,41)/t19?,20?,21?,24-,25-,26+,27+,28?,29?,30?,31+,32-,33+,34+,35-/m0/s1. The number of nitro benzene ring substituents is 1. The van der Waals surface area contributed by atoms with E-state index >= 15 is 0 Å². The van der Waals surface area contributed by atoms with Crippen molar-refractivity contribution >= 4 is 17.6 Å². The molecule has 3 fully saturated rings. The molecule has 61 heavy (non-hydrogen) atoms. The molecule has 3 saturated heterocycles. The van der Waals surface area contributed by atoms with Gasteiger partial charge in [0.25, 0.3) is 5.69 Å². The van der Waals surface area contributed by atoms with E-state index in [1.54, 1.807) is 0 Å². The molecule has 26 nitrogen and oxygen atoms in total. The molecule has 0 bridgehead atoms. The van der Waals surface area contributed by atoms with E-state index < -0.39 is 129 Å². The second-order valence-corrected chi connectivity index (χ2v) is 13.8. The number of aliphatic hydroxyl groups is 10. The molecule has 348 valence electrons. The fourth-order valence-electron chi connectivity index (χ4n) is 6.19. The molecule has 26 heteroatoms. The lowest BCUT2D eigenvalue weighted by Crippen LogP contribution is -2.66. The minimum Gasteiger partial charge on any atom is -0.425 e. The number of aliphatic hydroxyl groups excluding tert-OH is 10. The quantitative estimate of drug-likeness (QED) is 0.0151. The zero-order valence-corrected chi connectivity index (χ0v) is 32.6. The normalized spacial score (nSPS) is 34.2. The number of benzene rings is 1. The van der Waals surface area contributed by atoms with Gasteiger partial charge in [0.05, 0.1) is 57.8 Å². The second kappa shape index (κ2) is 25.2. The van der Waals surface area contributed by atoms with Crippen LogP contribution in [0.5, 0.6) is 5.75 Å². The predicted octanol–water partition coefficient (Wildman–Crippen LogP) is -6.48. The van der Waals surface area contributed by atoms with Crippen molar-refractivity contribution in [2.45, 2.75) is 98.5 Å². The number of hydrogen-bond donors (Lipinski definition) is 11. The Balaban J connectivity index is 1.08. The molecule has 0 aliphatic carbocycles. The molecule has 0 radical (unpaired) electrons. The number of rotatable bonds is 24. The smallest absolute Gasteiger partial charge is 0.337 e. The summed E-state index contributed by atoms with van der Waals surface area (Å²) in [7, 11) is 0. The van der Waals surface area contributed by atoms with E-state index in [0.717, 1.165) is 0 Å². The van der Waals surface area contributed by atoms with Crippen molar-refractivity contribution < 1.29 is 113 Å². The summed E-state index contributed by atoms with van der Waals surface area (Å²) in [6.07, 6.45) is -25.1. The highest BCUT2D eigenvalue weighted by molar-refractivity contribution is 5.77. The van der Waals surface area contributed by atoms with Gasteiger partial charge in [-0.2, -0.15) is 0 Å². The molecule has 0 saturated carbocycles. The predicted molar refractivity (Wildman–Crippen MR) is 194 cm³/mol. The highest BCUT2D eigenvalue weighted by Gasteiger charge is 2.53. The third kappa shape index (κ3) is 14.4. The Labute approximate surface area is 347 Å². The van der Waals surface area contributed by atoms with Crippen LogP contribution in [0.15, 0.2) is 24.3 Å². The summed E-state index contributed by atoms with van der Waals surface area (Å²) in [6, 6.07) is 4.96. The van der Waals surface area contributed by atoms with E-state index in [0.29, 0.717) is 0 Å². The first-order valence-corrected chi connectivity index (χ1v) is 19.1. The summed E-state index contributed by atoms with van der Waals surface area (Å²) in [5, 5.41) is 116. The zero-order chi connectivity index (χ0) is 44.6. The fraction of sp³-hybridized carbons (Fsp3) is 0.771. The lowest BCUT2D eigenvalue weighted by Gasteiger charge is -2.48. The molecule has 3 aliphatic heterocycles. The minimum absolute atomic E-state index is 0.0588. The van der Waals surface area contributed by atoms with Gasteiger partial charge >= 0.3 is 5.97 Å². The third-order valence-corrected chi connectivity index (χ3v) is 9.47. The number of amides is 1. The number of non-ortho nitro benzene ring substituents is 1. The Hall–Kier alpha value is -3.20. The number of ether oxygens (including phenoxy) is 10. The molecule has 11 N–H and O–H groups in total. The Kier molecular flexibility index (Phi) is 20.8. The maximum absolute atomic E-state index is 12.1. The van der Waals surface area contributed by atoms with Crippen LogP contribution in [-0.2, 0) is 52.2 Å². The van der Waals surface area contributed by atoms with Gasteiger partial charge in [0, 0.05) is 18.7 Å². The first-order valence-electron chi connectivity index (χ1n) is 19.1. The van der Waals surface area contributed by atoms with Crippen LogP contribution in [0.25, 0.3) is 0 Å². The summed E-state index contributed by atoms with van der Waals surface area (Å²) in [4.78, 5) is 34.0. The van der Waals surface area contributed by atoms with E-state index in [1.165, 1.54) is 24.3 Å². The fourth-order valence-corrected chi connectivity index (χ4v) is 6.19. The molecule has 6 unspecified atom stereocenters. The molecule has 1 aromatic rings. The Morgan fingerprint density at radius 2 is 1.11 bits per heavy atom. The second-order valence-electron chi connectivity index (χ2n) is 13.8. The van der Waals surface area contributed by atoms with Crippen molar-refractivity contribution in [1.29, 1.82) is 0 Å². The highest BCUT2D eigenvalue weighted by Crippen LogP contribution is 2.32. The van der Waals surface area contributed by atoms with Crippen LogP contribution in [0.4, 0.5) is 5.69 Å². The molecule has 0 spiro atoms. The van der Waals surface area contributed by atoms with E-state index in [9.17, 15) is 70.8 Å². The van der Waals surface area contributed by atoms with Gasteiger partial charge in [-0.1, -0.05) is 0 Å². The van der Waals surface area contributed by atoms with Crippen LogP contribution in [0.2, 0.25) is 0 Å². The maximum atomic E-state index is 12.1. The zero-order valence-electron chi connectivity index (χ0n) is 32.6. The van der Waals surface area contributed by atoms with Crippen molar-refractivity contribution in [1.82, 2.24) is 5.32 Å². The number of nitrogens with zero attached hydrogens (tertiary/aromatic N) is 1. The van der Waals surface area contributed by atoms with Crippen LogP contribution < -0.4 is 10.1 Å². The molecule has 3 aliphatic rings. The van der Waals surface area contributed by atoms with Crippen LogP contribution in [0.3, 0.4) is 0 Å². The van der Waals surface area contributed by atoms with E-state index in [4.69, 9.17) is 47.4 Å². The maximum Gasteiger partial charge on any atom is 0.337 e. The number of esters is 1. The first kappa shape index (κ1) is 50.4. The average molecular weight is 887 g/mol. The Morgan fingerprint density at radius 3 is 1.67 bits per heavy atom. The Morgan fingerprint density at radius 1 is 0.623 bits per heavy atom. The van der Waals surface area contributed by atoms with Crippen LogP contribution in [0, 0.1) is 10.1 Å². The number of nitro groups is 1. The van der Waals surface area contributed by atoms with Crippen molar-refractivity contribution in [2.24, 2.45) is 0 Å². The van der Waals surface area contributed by atoms with E-state index in [2.05, 4.69) is 5.32 Å². The van der Waals surface area contributed by atoms with Crippen molar-refractivity contribution in [3.63, 3.8) is 0 Å². The van der Waals surface area contributed by atoms with Gasteiger partial charge in [-0.3, -0.25) is 14.9 Å². The number of hydrogen-bond acceptors (Lipinski definition) is 24. The monoisotopic (exact) mass is 886 g/mol. The highest BCUT2D eigenvalue weighted by atomic mass is 16.8. The van der Waals surface area contributed by atoms with E-state index in [1.807, 2.05) is 0 Å². The molecule has 3 heterocycles. The lowest BCUT2D eigenvalue weighted by atomic mass is 9.96. The summed E-state index contributed by atoms with van der Waals surface area (Å²) < 4.78 is 53.8. The Bertz CT molecular complexity index is 1470. The summed E-state index contributed by atoms with van der Waals surface area (Å²) in [6.45, 7) is -2.68. The summed E-state index contributed by atoms with van der Waals surface area (Å²) in [5.41, 5.74) is -0.146. The number of nitrogens with one attached hydrogen (secondary N) is 1. The summed E-state index contributed by atoms with van der Waals surface area (Å²) in [5.74, 6) is -1.03. The van der Waals surface area contributed by atoms with Gasteiger partial charge in [0.1, 0.15) is 92.2 Å². The molecule has 0 aromatic heterocycles. The van der Waals surface area contributed by atoms with Crippen LogP contribution >= 0.6 is 0 Å². The molecular formula is C35H54N2O24. The molecular weight excluding hydrogens is 832 g/mol. The average Bonchev–Trinajstić information content (AvgIpc) is 3.24. The van der Waals surface area contributed by atoms with E-state index in [-0.39, 0.29) is 70.7 Å². The molecule has 1 amide bonds. The van der Waals surface area contributed by atoms with Gasteiger partial charge in [0.15, 0.2) is 18.9 Å².